The van der Waals surface area contributed by atoms with Gasteiger partial charge in [0.05, 0.1) is 17.8 Å². The summed E-state index contributed by atoms with van der Waals surface area (Å²) < 4.78 is 37.4. The summed E-state index contributed by atoms with van der Waals surface area (Å²) >= 11 is 0. The van der Waals surface area contributed by atoms with E-state index in [1.54, 1.807) is 0 Å². The van der Waals surface area contributed by atoms with E-state index in [0.717, 1.165) is 18.3 Å². The largest absolute Gasteiger partial charge is 0.416 e. The highest BCUT2D eigenvalue weighted by atomic mass is 19.4. The number of aromatic nitrogens is 1. The molecule has 1 aromatic heterocycles. The van der Waals surface area contributed by atoms with Crippen molar-refractivity contribution in [1.29, 1.82) is 0 Å². The molecule has 17 heavy (non-hydrogen) atoms. The molecule has 0 saturated carbocycles. The van der Waals surface area contributed by atoms with Gasteiger partial charge in [-0.2, -0.15) is 13.2 Å². The molecule has 0 aliphatic carbocycles. The number of β-amino-alcohol motifs (C(OH)–C–C–N with tert-alkyl or cyclic N) is 2. The molecule has 2 rings (SSSR count). The number of alkyl halides is 3. The van der Waals surface area contributed by atoms with E-state index in [4.69, 9.17) is 0 Å². The lowest BCUT2D eigenvalue weighted by Gasteiger charge is -2.17. The highest BCUT2D eigenvalue weighted by Crippen LogP contribution is 2.31. The third-order valence-electron chi connectivity index (χ3n) is 2.66. The zero-order chi connectivity index (χ0) is 12.6. The topological polar surface area (TPSA) is 56.6 Å². The summed E-state index contributed by atoms with van der Waals surface area (Å²) in [6.07, 6.45) is -5.26. The lowest BCUT2D eigenvalue weighted by Crippen LogP contribution is -2.22. The number of halogens is 3. The fraction of sp³-hybridized carbons (Fsp3) is 0.500. The Balaban J connectivity index is 2.23. The SMILES string of the molecule is OC1CN(c2cc(C(F)(F)F)ccn2)CC1O. The molecule has 1 saturated heterocycles. The van der Waals surface area contributed by atoms with Crippen LogP contribution in [0.1, 0.15) is 5.56 Å². The molecule has 0 bridgehead atoms. The first kappa shape index (κ1) is 12.1. The van der Waals surface area contributed by atoms with Crippen LogP contribution < -0.4 is 4.90 Å². The molecule has 94 valence electrons. The normalized spacial score (nSPS) is 25.4. The Hall–Kier alpha value is -1.34. The van der Waals surface area contributed by atoms with Crippen LogP contribution in [0, 0.1) is 0 Å². The van der Waals surface area contributed by atoms with Crippen molar-refractivity contribution in [1.82, 2.24) is 4.98 Å². The third kappa shape index (κ3) is 2.50. The summed E-state index contributed by atoms with van der Waals surface area (Å²) in [7, 11) is 0. The second kappa shape index (κ2) is 4.15. The number of pyridine rings is 1. The van der Waals surface area contributed by atoms with E-state index in [1.807, 2.05) is 0 Å². The molecule has 1 fully saturated rings. The Morgan fingerprint density at radius 1 is 1.24 bits per heavy atom. The quantitative estimate of drug-likeness (QED) is 0.766. The number of hydrogen-bond acceptors (Lipinski definition) is 4. The smallest absolute Gasteiger partial charge is 0.389 e. The Morgan fingerprint density at radius 3 is 2.35 bits per heavy atom. The minimum atomic E-state index is -4.42. The molecule has 1 aliphatic heterocycles. The maximum Gasteiger partial charge on any atom is 0.416 e. The molecule has 2 atom stereocenters. The van der Waals surface area contributed by atoms with E-state index < -0.39 is 23.9 Å². The van der Waals surface area contributed by atoms with Crippen LogP contribution in [0.25, 0.3) is 0 Å². The second-order valence-electron chi connectivity index (χ2n) is 3.94. The Morgan fingerprint density at radius 2 is 1.82 bits per heavy atom. The standard InChI is InChI=1S/C10H11F3N2O2/c11-10(12,13)6-1-2-14-9(3-6)15-4-7(16)8(17)5-15/h1-3,7-8,16-17H,4-5H2. The predicted molar refractivity (Wildman–Crippen MR) is 53.5 cm³/mol. The van der Waals surface area contributed by atoms with E-state index in [0.29, 0.717) is 0 Å². The van der Waals surface area contributed by atoms with Gasteiger partial charge in [0.1, 0.15) is 5.82 Å². The number of aliphatic hydroxyl groups excluding tert-OH is 2. The van der Waals surface area contributed by atoms with Crippen LogP contribution in [0.15, 0.2) is 18.3 Å². The summed E-state index contributed by atoms with van der Waals surface area (Å²) in [5, 5.41) is 18.6. The molecular weight excluding hydrogens is 237 g/mol. The molecule has 0 radical (unpaired) electrons. The lowest BCUT2D eigenvalue weighted by molar-refractivity contribution is -0.137. The van der Waals surface area contributed by atoms with Crippen LogP contribution in [0.4, 0.5) is 19.0 Å². The van der Waals surface area contributed by atoms with Gasteiger partial charge in [-0.3, -0.25) is 0 Å². The summed E-state index contributed by atoms with van der Waals surface area (Å²) in [6.45, 7) is 0.158. The third-order valence-corrected chi connectivity index (χ3v) is 2.66. The van der Waals surface area contributed by atoms with Gasteiger partial charge in [0.25, 0.3) is 0 Å². The van der Waals surface area contributed by atoms with Gasteiger partial charge in [0.2, 0.25) is 0 Å². The van der Waals surface area contributed by atoms with E-state index in [2.05, 4.69) is 4.98 Å². The van der Waals surface area contributed by atoms with Crippen molar-refractivity contribution in [2.24, 2.45) is 0 Å². The minimum absolute atomic E-state index is 0.0788. The van der Waals surface area contributed by atoms with Crippen molar-refractivity contribution >= 4 is 5.82 Å². The fourth-order valence-corrected chi connectivity index (χ4v) is 1.72. The van der Waals surface area contributed by atoms with Crippen LogP contribution in [0.3, 0.4) is 0 Å². The first-order chi connectivity index (χ1) is 7.88. The molecule has 7 heteroatoms. The molecule has 1 aliphatic rings. The Bertz CT molecular complexity index is 401. The van der Waals surface area contributed by atoms with Crippen molar-refractivity contribution in [3.63, 3.8) is 0 Å². The number of aliphatic hydroxyl groups is 2. The summed E-state index contributed by atoms with van der Waals surface area (Å²) in [5.41, 5.74) is -0.793. The van der Waals surface area contributed by atoms with Gasteiger partial charge < -0.3 is 15.1 Å². The number of rotatable bonds is 1. The van der Waals surface area contributed by atoms with Gasteiger partial charge in [-0.1, -0.05) is 0 Å². The minimum Gasteiger partial charge on any atom is -0.389 e. The monoisotopic (exact) mass is 248 g/mol. The predicted octanol–water partition coefficient (Wildman–Crippen LogP) is 0.642. The highest BCUT2D eigenvalue weighted by Gasteiger charge is 2.34. The van der Waals surface area contributed by atoms with Crippen LogP contribution in [0.5, 0.6) is 0 Å². The molecular formula is C10H11F3N2O2. The number of nitrogens with zero attached hydrogens (tertiary/aromatic N) is 2. The Kier molecular flexibility index (Phi) is 2.96. The first-order valence-electron chi connectivity index (χ1n) is 5.02. The van der Waals surface area contributed by atoms with Crippen molar-refractivity contribution < 1.29 is 23.4 Å². The van der Waals surface area contributed by atoms with E-state index in [-0.39, 0.29) is 18.9 Å². The fourth-order valence-electron chi connectivity index (χ4n) is 1.72. The molecule has 1 aromatic rings. The molecule has 2 unspecified atom stereocenters. The van der Waals surface area contributed by atoms with Crippen molar-refractivity contribution in [3.05, 3.63) is 23.9 Å². The maximum atomic E-state index is 12.5. The molecule has 0 spiro atoms. The zero-order valence-electron chi connectivity index (χ0n) is 8.72. The van der Waals surface area contributed by atoms with Crippen LogP contribution in [0.2, 0.25) is 0 Å². The lowest BCUT2D eigenvalue weighted by atomic mass is 10.2. The van der Waals surface area contributed by atoms with Crippen molar-refractivity contribution in [3.8, 4) is 0 Å². The van der Waals surface area contributed by atoms with Gasteiger partial charge in [-0.15, -0.1) is 0 Å². The van der Waals surface area contributed by atoms with Crippen molar-refractivity contribution in [2.75, 3.05) is 18.0 Å². The average Bonchev–Trinajstić information content (AvgIpc) is 2.58. The zero-order valence-corrected chi connectivity index (χ0v) is 8.72. The van der Waals surface area contributed by atoms with Gasteiger partial charge in [0.15, 0.2) is 0 Å². The molecule has 4 nitrogen and oxygen atoms in total. The van der Waals surface area contributed by atoms with Crippen LogP contribution in [-0.2, 0) is 6.18 Å². The van der Waals surface area contributed by atoms with Gasteiger partial charge in [-0.05, 0) is 12.1 Å². The van der Waals surface area contributed by atoms with E-state index >= 15 is 0 Å². The summed E-state index contributed by atoms with van der Waals surface area (Å²) in [6, 6.07) is 1.79. The Labute approximate surface area is 95.3 Å². The maximum absolute atomic E-state index is 12.5. The van der Waals surface area contributed by atoms with Crippen LogP contribution >= 0.6 is 0 Å². The summed E-state index contributed by atoms with van der Waals surface area (Å²) in [5.74, 6) is 0.107. The summed E-state index contributed by atoms with van der Waals surface area (Å²) in [4.78, 5) is 5.23. The van der Waals surface area contributed by atoms with E-state index in [9.17, 15) is 23.4 Å². The van der Waals surface area contributed by atoms with Gasteiger partial charge in [0, 0.05) is 19.3 Å². The molecule has 2 heterocycles. The molecule has 2 N–H and O–H groups in total. The van der Waals surface area contributed by atoms with Gasteiger partial charge >= 0.3 is 6.18 Å². The molecule has 0 amide bonds. The van der Waals surface area contributed by atoms with Crippen molar-refractivity contribution in [2.45, 2.75) is 18.4 Å². The first-order valence-corrected chi connectivity index (χ1v) is 5.02. The van der Waals surface area contributed by atoms with Crippen LogP contribution in [-0.4, -0.2) is 40.5 Å². The number of hydrogen-bond donors (Lipinski definition) is 2. The highest BCUT2D eigenvalue weighted by molar-refractivity contribution is 5.43. The second-order valence-corrected chi connectivity index (χ2v) is 3.94. The van der Waals surface area contributed by atoms with Gasteiger partial charge in [-0.25, -0.2) is 4.98 Å². The molecule has 0 aromatic carbocycles. The average molecular weight is 248 g/mol. The number of anilines is 1. The van der Waals surface area contributed by atoms with E-state index in [1.165, 1.54) is 4.90 Å².